The lowest BCUT2D eigenvalue weighted by molar-refractivity contribution is -0.114. The molecule has 0 atom stereocenters. The normalized spacial score (nSPS) is 15.0. The summed E-state index contributed by atoms with van der Waals surface area (Å²) >= 11 is 0.787. The number of nitrogens with zero attached hydrogens (tertiary/aromatic N) is 3. The lowest BCUT2D eigenvalue weighted by Crippen LogP contribution is -2.36. The number of ether oxygens (including phenoxy) is 1. The van der Waals surface area contributed by atoms with Crippen molar-refractivity contribution < 1.29 is 17.9 Å². The highest BCUT2D eigenvalue weighted by Crippen LogP contribution is 2.24. The Morgan fingerprint density at radius 1 is 1.20 bits per heavy atom. The molecule has 1 aliphatic rings. The van der Waals surface area contributed by atoms with Gasteiger partial charge in [-0.1, -0.05) is 11.3 Å². The van der Waals surface area contributed by atoms with Gasteiger partial charge in [0.2, 0.25) is 11.0 Å². The largest absolute Gasteiger partial charge is 0.378 e. The first-order chi connectivity index (χ1) is 11.9. The number of nitrogens with one attached hydrogen (secondary N) is 2. The van der Waals surface area contributed by atoms with Crippen LogP contribution in [0.3, 0.4) is 0 Å². The zero-order chi connectivity index (χ0) is 17.9. The van der Waals surface area contributed by atoms with Crippen LogP contribution in [0.1, 0.15) is 6.92 Å². The van der Waals surface area contributed by atoms with Gasteiger partial charge in [0.15, 0.2) is 0 Å². The van der Waals surface area contributed by atoms with Gasteiger partial charge in [0.1, 0.15) is 0 Å². The number of amides is 1. The van der Waals surface area contributed by atoms with Gasteiger partial charge >= 0.3 is 0 Å². The maximum absolute atomic E-state index is 12.3. The Kier molecular flexibility index (Phi) is 5.16. The molecule has 0 bridgehead atoms. The first kappa shape index (κ1) is 17.6. The van der Waals surface area contributed by atoms with Crippen molar-refractivity contribution in [1.29, 1.82) is 0 Å². The van der Waals surface area contributed by atoms with Crippen LogP contribution in [0.25, 0.3) is 0 Å². The Morgan fingerprint density at radius 2 is 1.88 bits per heavy atom. The molecule has 1 fully saturated rings. The zero-order valence-corrected chi connectivity index (χ0v) is 15.1. The fourth-order valence-corrected chi connectivity index (χ4v) is 4.29. The maximum Gasteiger partial charge on any atom is 0.291 e. The van der Waals surface area contributed by atoms with Crippen molar-refractivity contribution >= 4 is 43.8 Å². The molecule has 9 nitrogen and oxygen atoms in total. The van der Waals surface area contributed by atoms with Gasteiger partial charge in [-0.3, -0.25) is 9.52 Å². The molecular formula is C14H17N5O4S2. The molecule has 2 N–H and O–H groups in total. The van der Waals surface area contributed by atoms with E-state index >= 15 is 0 Å². The molecule has 134 valence electrons. The fourth-order valence-electron chi connectivity index (χ4n) is 2.28. The minimum absolute atomic E-state index is 0.135. The SMILES string of the molecule is CC(=O)Nc1nnc(S(=O)(=O)Nc2ccc(N3CCOCC3)cc2)s1. The Morgan fingerprint density at radius 3 is 2.52 bits per heavy atom. The molecule has 3 rings (SSSR count). The fraction of sp³-hybridized carbons (Fsp3) is 0.357. The summed E-state index contributed by atoms with van der Waals surface area (Å²) in [6.45, 7) is 4.29. The number of morpholine rings is 1. The number of anilines is 3. The molecule has 1 aromatic heterocycles. The van der Waals surface area contributed by atoms with E-state index in [-0.39, 0.29) is 15.4 Å². The molecule has 1 aliphatic heterocycles. The average Bonchev–Trinajstić information content (AvgIpc) is 3.05. The summed E-state index contributed by atoms with van der Waals surface area (Å²) in [4.78, 5) is 13.1. The average molecular weight is 383 g/mol. The van der Waals surface area contributed by atoms with Crippen LogP contribution in [-0.2, 0) is 19.6 Å². The van der Waals surface area contributed by atoms with Gasteiger partial charge in [-0.15, -0.1) is 10.2 Å². The molecule has 0 saturated carbocycles. The third-order valence-electron chi connectivity index (χ3n) is 3.42. The van der Waals surface area contributed by atoms with E-state index in [1.54, 1.807) is 12.1 Å². The third-order valence-corrected chi connectivity index (χ3v) is 6.00. The van der Waals surface area contributed by atoms with Crippen molar-refractivity contribution in [1.82, 2.24) is 10.2 Å². The van der Waals surface area contributed by atoms with Crippen molar-refractivity contribution in [2.24, 2.45) is 0 Å². The van der Waals surface area contributed by atoms with E-state index < -0.39 is 10.0 Å². The lowest BCUT2D eigenvalue weighted by atomic mass is 10.2. The smallest absolute Gasteiger partial charge is 0.291 e. The molecule has 1 saturated heterocycles. The number of rotatable bonds is 5. The third kappa shape index (κ3) is 4.44. The van der Waals surface area contributed by atoms with Crippen LogP contribution in [-0.4, -0.2) is 50.8 Å². The van der Waals surface area contributed by atoms with E-state index in [1.807, 2.05) is 12.1 Å². The number of carbonyl (C=O) groups excluding carboxylic acids is 1. The molecule has 0 spiro atoms. The minimum atomic E-state index is -3.86. The number of hydrogen-bond donors (Lipinski definition) is 2. The number of carbonyl (C=O) groups is 1. The second kappa shape index (κ2) is 7.33. The van der Waals surface area contributed by atoms with Gasteiger partial charge in [0, 0.05) is 31.4 Å². The monoisotopic (exact) mass is 383 g/mol. The van der Waals surface area contributed by atoms with E-state index in [2.05, 4.69) is 25.1 Å². The minimum Gasteiger partial charge on any atom is -0.378 e. The van der Waals surface area contributed by atoms with Gasteiger partial charge < -0.3 is 15.0 Å². The molecule has 11 heteroatoms. The topological polar surface area (TPSA) is 114 Å². The quantitative estimate of drug-likeness (QED) is 0.744. The van der Waals surface area contributed by atoms with Crippen LogP contribution in [0.2, 0.25) is 0 Å². The van der Waals surface area contributed by atoms with E-state index in [0.717, 1.165) is 30.1 Å². The summed E-state index contributed by atoms with van der Waals surface area (Å²) in [6.07, 6.45) is 0. The van der Waals surface area contributed by atoms with Crippen molar-refractivity contribution in [2.75, 3.05) is 41.2 Å². The predicted molar refractivity (Wildman–Crippen MR) is 94.5 cm³/mol. The Hall–Kier alpha value is -2.24. The maximum atomic E-state index is 12.3. The molecule has 2 aromatic rings. The van der Waals surface area contributed by atoms with Gasteiger partial charge in [-0.2, -0.15) is 8.42 Å². The van der Waals surface area contributed by atoms with Crippen molar-refractivity contribution in [2.45, 2.75) is 11.3 Å². The van der Waals surface area contributed by atoms with Crippen LogP contribution in [0.15, 0.2) is 28.6 Å². The first-order valence-electron chi connectivity index (χ1n) is 7.51. The second-order valence-electron chi connectivity index (χ2n) is 5.31. The summed E-state index contributed by atoms with van der Waals surface area (Å²) in [6, 6.07) is 7.09. The summed E-state index contributed by atoms with van der Waals surface area (Å²) in [5, 5.41) is 9.79. The van der Waals surface area contributed by atoms with E-state index in [4.69, 9.17) is 4.74 Å². The van der Waals surface area contributed by atoms with Crippen molar-refractivity contribution in [3.05, 3.63) is 24.3 Å². The molecular weight excluding hydrogens is 366 g/mol. The number of benzene rings is 1. The summed E-state index contributed by atoms with van der Waals surface area (Å²) in [5.41, 5.74) is 1.43. The van der Waals surface area contributed by atoms with Crippen LogP contribution in [0.4, 0.5) is 16.5 Å². The molecule has 0 radical (unpaired) electrons. The number of sulfonamides is 1. The Bertz CT molecular complexity index is 844. The summed E-state index contributed by atoms with van der Waals surface area (Å²) in [7, 11) is -3.86. The van der Waals surface area contributed by atoms with Crippen LogP contribution in [0.5, 0.6) is 0 Å². The van der Waals surface area contributed by atoms with E-state index in [1.165, 1.54) is 6.92 Å². The summed E-state index contributed by atoms with van der Waals surface area (Å²) < 4.78 is 32.2. The van der Waals surface area contributed by atoms with Gasteiger partial charge in [0.05, 0.1) is 13.2 Å². The molecule has 0 unspecified atom stereocenters. The lowest BCUT2D eigenvalue weighted by Gasteiger charge is -2.28. The predicted octanol–water partition coefficient (Wildman–Crippen LogP) is 1.13. The molecule has 0 aliphatic carbocycles. The van der Waals surface area contributed by atoms with Gasteiger partial charge in [-0.25, -0.2) is 0 Å². The molecule has 1 amide bonds. The van der Waals surface area contributed by atoms with Crippen LogP contribution >= 0.6 is 11.3 Å². The highest BCUT2D eigenvalue weighted by atomic mass is 32.2. The Balaban J connectivity index is 1.70. The Labute approximate surface area is 149 Å². The van der Waals surface area contributed by atoms with E-state index in [9.17, 15) is 13.2 Å². The molecule has 1 aromatic carbocycles. The second-order valence-corrected chi connectivity index (χ2v) is 8.14. The van der Waals surface area contributed by atoms with Gasteiger partial charge in [-0.05, 0) is 24.3 Å². The van der Waals surface area contributed by atoms with E-state index in [0.29, 0.717) is 18.9 Å². The van der Waals surface area contributed by atoms with Crippen molar-refractivity contribution in [3.63, 3.8) is 0 Å². The standard InChI is InChI=1S/C14H17N5O4S2/c1-10(20)15-13-16-17-14(24-13)25(21,22)18-11-2-4-12(5-3-11)19-6-8-23-9-7-19/h2-5,18H,6-9H2,1H3,(H,15,16,20). The van der Waals surface area contributed by atoms with Crippen LogP contribution in [0, 0.1) is 0 Å². The molecule has 2 heterocycles. The number of aromatic nitrogens is 2. The van der Waals surface area contributed by atoms with Crippen LogP contribution < -0.4 is 14.9 Å². The molecule has 25 heavy (non-hydrogen) atoms. The summed E-state index contributed by atoms with van der Waals surface area (Å²) in [5.74, 6) is -0.341. The highest BCUT2D eigenvalue weighted by Gasteiger charge is 2.21. The number of hydrogen-bond acceptors (Lipinski definition) is 8. The van der Waals surface area contributed by atoms with Crippen molar-refractivity contribution in [3.8, 4) is 0 Å². The zero-order valence-electron chi connectivity index (χ0n) is 13.4. The highest BCUT2D eigenvalue weighted by molar-refractivity contribution is 7.94. The van der Waals surface area contributed by atoms with Gasteiger partial charge in [0.25, 0.3) is 14.4 Å². The first-order valence-corrected chi connectivity index (χ1v) is 9.81.